The third-order valence-electron chi connectivity index (χ3n) is 5.49. The van der Waals surface area contributed by atoms with Crippen LogP contribution in [0.25, 0.3) is 0 Å². The van der Waals surface area contributed by atoms with E-state index in [9.17, 15) is 0 Å². The predicted octanol–water partition coefficient (Wildman–Crippen LogP) is 7.89. The van der Waals surface area contributed by atoms with Crippen molar-refractivity contribution in [3.8, 4) is 0 Å². The Morgan fingerprint density at radius 3 is 0.955 bits per heavy atom. The van der Waals surface area contributed by atoms with Crippen molar-refractivity contribution in [3.63, 3.8) is 0 Å². The molecule has 1 heteroatoms. The Bertz CT molecular complexity index is 185. The average Bonchev–Trinajstić information content (AvgIpc) is 2.52. The Kier molecular flexibility index (Phi) is 16.6. The number of unbranched alkanes of at least 4 members (excludes halogenated alkanes) is 9. The topological polar surface area (TPSA) is 0 Å². The van der Waals surface area contributed by atoms with Gasteiger partial charge in [-0.3, -0.25) is 0 Å². The fourth-order valence-electron chi connectivity index (χ4n) is 3.93. The van der Waals surface area contributed by atoms with Crippen molar-refractivity contribution in [1.82, 2.24) is 0 Å². The minimum absolute atomic E-state index is 0.957. The molecule has 0 spiro atoms. The van der Waals surface area contributed by atoms with Crippen LogP contribution in [-0.4, -0.2) is 24.6 Å². The van der Waals surface area contributed by atoms with Gasteiger partial charge in [0.05, 0.1) is 0 Å². The summed E-state index contributed by atoms with van der Waals surface area (Å²) in [5, 5.41) is 0. The molecule has 0 aliphatic heterocycles. The molecular formula is C21H47P. The van der Waals surface area contributed by atoms with Crippen LogP contribution in [0.1, 0.15) is 111 Å². The molecule has 0 saturated carbocycles. The summed E-state index contributed by atoms with van der Waals surface area (Å²) in [6.07, 6.45) is 25.7. The molecule has 0 heterocycles. The van der Waals surface area contributed by atoms with Gasteiger partial charge >= 0.3 is 143 Å². The second kappa shape index (κ2) is 16.3. The van der Waals surface area contributed by atoms with E-state index in [0.29, 0.717) is 0 Å². The van der Waals surface area contributed by atoms with E-state index < -0.39 is 7.26 Å². The van der Waals surface area contributed by atoms with Gasteiger partial charge in [-0.05, 0) is 0 Å². The fourth-order valence-corrected chi connectivity index (χ4v) is 9.43. The van der Waals surface area contributed by atoms with Crippen LogP contribution in [-0.2, 0) is 0 Å². The molecule has 0 amide bonds. The third-order valence-corrected chi connectivity index (χ3v) is 11.1. The second-order valence-electron chi connectivity index (χ2n) is 7.68. The summed E-state index contributed by atoms with van der Waals surface area (Å²) in [5.74, 6) is 0. The van der Waals surface area contributed by atoms with Crippen molar-refractivity contribution < 1.29 is 0 Å². The number of hydrogen-bond acceptors (Lipinski definition) is 0. The minimum atomic E-state index is -0.957. The van der Waals surface area contributed by atoms with Crippen molar-refractivity contribution in [2.75, 3.05) is 24.6 Å². The van der Waals surface area contributed by atoms with E-state index in [1.165, 1.54) is 77.0 Å². The second-order valence-corrected chi connectivity index (χ2v) is 12.7. The molecule has 0 aromatic rings. The molecule has 0 aromatic heterocycles. The summed E-state index contributed by atoms with van der Waals surface area (Å²) in [7, 11) is -0.957. The molecule has 22 heavy (non-hydrogen) atoms. The Balaban J connectivity index is 4.53. The summed E-state index contributed by atoms with van der Waals surface area (Å²) < 4.78 is 0. The van der Waals surface area contributed by atoms with Gasteiger partial charge in [0.15, 0.2) is 0 Å². The number of hydrogen-bond donors (Lipinski definition) is 0. The van der Waals surface area contributed by atoms with Gasteiger partial charge in [0.2, 0.25) is 0 Å². The van der Waals surface area contributed by atoms with Crippen LogP contribution >= 0.6 is 7.26 Å². The molecule has 0 rings (SSSR count). The molecule has 0 nitrogen and oxygen atoms in total. The third kappa shape index (κ3) is 11.9. The average molecular weight is 331 g/mol. The Morgan fingerprint density at radius 1 is 0.364 bits per heavy atom. The van der Waals surface area contributed by atoms with Gasteiger partial charge in [-0.1, -0.05) is 0 Å². The first kappa shape index (κ1) is 22.4. The van der Waals surface area contributed by atoms with E-state index in [1.54, 1.807) is 31.1 Å². The maximum atomic E-state index is 2.36. The van der Waals surface area contributed by atoms with Crippen LogP contribution in [0.5, 0.6) is 0 Å². The predicted molar refractivity (Wildman–Crippen MR) is 111 cm³/mol. The van der Waals surface area contributed by atoms with Gasteiger partial charge in [-0.2, -0.15) is 0 Å². The molecule has 0 atom stereocenters. The number of rotatable bonds is 17. The van der Waals surface area contributed by atoms with E-state index in [-0.39, 0.29) is 0 Å². The quantitative estimate of drug-likeness (QED) is 0.188. The zero-order valence-electron chi connectivity index (χ0n) is 16.5. The molecule has 136 valence electrons. The van der Waals surface area contributed by atoms with E-state index in [0.717, 1.165) is 0 Å². The standard InChI is InChI=1S/C21H47P/c1-5-9-13-17-21-22(18-14-10-6-2,19-15-11-7-3)20-16-12-8-4/h22H,5-21H2,1-4H3. The van der Waals surface area contributed by atoms with Crippen LogP contribution in [0.4, 0.5) is 0 Å². The maximum absolute atomic E-state index is 2.36. The van der Waals surface area contributed by atoms with Gasteiger partial charge in [-0.25, -0.2) is 0 Å². The first-order valence-corrected chi connectivity index (χ1v) is 13.6. The first-order chi connectivity index (χ1) is 10.7. The van der Waals surface area contributed by atoms with Crippen molar-refractivity contribution in [2.45, 2.75) is 111 Å². The monoisotopic (exact) mass is 330 g/mol. The van der Waals surface area contributed by atoms with E-state index in [4.69, 9.17) is 0 Å². The first-order valence-electron chi connectivity index (χ1n) is 10.7. The molecule has 0 N–H and O–H groups in total. The van der Waals surface area contributed by atoms with Crippen LogP contribution in [0.3, 0.4) is 0 Å². The summed E-state index contributed by atoms with van der Waals surface area (Å²) in [5.41, 5.74) is 0. The summed E-state index contributed by atoms with van der Waals surface area (Å²) in [6.45, 7) is 9.42. The Labute approximate surface area is 143 Å². The van der Waals surface area contributed by atoms with E-state index in [1.807, 2.05) is 0 Å². The molecular weight excluding hydrogens is 283 g/mol. The van der Waals surface area contributed by atoms with Crippen molar-refractivity contribution in [1.29, 1.82) is 0 Å². The van der Waals surface area contributed by atoms with Crippen LogP contribution in [0.15, 0.2) is 0 Å². The summed E-state index contributed by atoms with van der Waals surface area (Å²) in [6, 6.07) is 0. The summed E-state index contributed by atoms with van der Waals surface area (Å²) in [4.78, 5) is 0. The van der Waals surface area contributed by atoms with E-state index >= 15 is 0 Å². The van der Waals surface area contributed by atoms with Gasteiger partial charge in [0.25, 0.3) is 0 Å². The van der Waals surface area contributed by atoms with Gasteiger partial charge in [0.1, 0.15) is 0 Å². The molecule has 0 bridgehead atoms. The van der Waals surface area contributed by atoms with Gasteiger partial charge in [0, 0.05) is 0 Å². The van der Waals surface area contributed by atoms with E-state index in [2.05, 4.69) is 27.7 Å². The molecule has 0 fully saturated rings. The molecule has 0 aromatic carbocycles. The summed E-state index contributed by atoms with van der Waals surface area (Å²) >= 11 is 0. The Morgan fingerprint density at radius 2 is 0.636 bits per heavy atom. The van der Waals surface area contributed by atoms with Crippen molar-refractivity contribution in [3.05, 3.63) is 0 Å². The van der Waals surface area contributed by atoms with Gasteiger partial charge < -0.3 is 0 Å². The SMILES string of the molecule is CCCCCC[PH](CCCCC)(CCCCC)CCCCC. The zero-order valence-corrected chi connectivity index (χ0v) is 17.5. The van der Waals surface area contributed by atoms with Crippen molar-refractivity contribution >= 4 is 7.26 Å². The molecule has 0 saturated heterocycles. The molecule has 0 radical (unpaired) electrons. The van der Waals surface area contributed by atoms with Crippen molar-refractivity contribution in [2.24, 2.45) is 0 Å². The normalized spacial score (nSPS) is 12.7. The zero-order chi connectivity index (χ0) is 16.5. The molecule has 0 aliphatic carbocycles. The fraction of sp³-hybridized carbons (Fsp3) is 1.00. The van der Waals surface area contributed by atoms with Crippen LogP contribution < -0.4 is 0 Å². The van der Waals surface area contributed by atoms with Gasteiger partial charge in [-0.15, -0.1) is 0 Å². The van der Waals surface area contributed by atoms with Crippen LogP contribution in [0.2, 0.25) is 0 Å². The molecule has 0 aliphatic rings. The molecule has 0 unspecified atom stereocenters. The Hall–Kier alpha value is 0.430. The van der Waals surface area contributed by atoms with Crippen LogP contribution in [0, 0.1) is 0 Å².